The standard InChI is InChI=1S/C15H15Br3N2O/c16-10-7-11(17)13(12(18)8-10)20-14(21)15(9-19)5-3-1-2-4-6-15/h7-8H,1-6H2,(H,20,21). The van der Waals surface area contributed by atoms with Gasteiger partial charge in [-0.1, -0.05) is 41.6 Å². The molecule has 6 heteroatoms. The molecule has 0 radical (unpaired) electrons. The number of nitrogens with one attached hydrogen (secondary N) is 1. The molecule has 1 aliphatic carbocycles. The first-order chi connectivity index (χ1) is 9.98. The van der Waals surface area contributed by atoms with E-state index >= 15 is 0 Å². The molecule has 1 N–H and O–H groups in total. The van der Waals surface area contributed by atoms with Crippen molar-refractivity contribution in [3.8, 4) is 6.07 Å². The number of carbonyl (C=O) groups is 1. The number of hydrogen-bond acceptors (Lipinski definition) is 2. The predicted molar refractivity (Wildman–Crippen MR) is 93.9 cm³/mol. The second-order valence-corrected chi connectivity index (χ2v) is 7.93. The number of nitriles is 1. The van der Waals surface area contributed by atoms with Gasteiger partial charge in [-0.25, -0.2) is 0 Å². The fourth-order valence-electron chi connectivity index (χ4n) is 2.62. The van der Waals surface area contributed by atoms with Crippen molar-refractivity contribution < 1.29 is 4.79 Å². The van der Waals surface area contributed by atoms with Gasteiger partial charge in [-0.3, -0.25) is 4.79 Å². The molecule has 0 unspecified atom stereocenters. The zero-order valence-corrected chi connectivity index (χ0v) is 16.1. The van der Waals surface area contributed by atoms with Gasteiger partial charge < -0.3 is 5.32 Å². The highest BCUT2D eigenvalue weighted by atomic mass is 79.9. The summed E-state index contributed by atoms with van der Waals surface area (Å²) < 4.78 is 2.46. The van der Waals surface area contributed by atoms with Gasteiger partial charge in [0.2, 0.25) is 5.91 Å². The van der Waals surface area contributed by atoms with Crippen LogP contribution in [0.3, 0.4) is 0 Å². The first-order valence-corrected chi connectivity index (χ1v) is 9.24. The molecule has 1 aromatic rings. The first-order valence-electron chi connectivity index (χ1n) is 6.86. The largest absolute Gasteiger partial charge is 0.323 e. The second-order valence-electron chi connectivity index (χ2n) is 5.31. The van der Waals surface area contributed by atoms with E-state index in [1.165, 1.54) is 0 Å². The van der Waals surface area contributed by atoms with Gasteiger partial charge in [0.1, 0.15) is 5.41 Å². The molecule has 0 saturated heterocycles. The summed E-state index contributed by atoms with van der Waals surface area (Å²) in [5.74, 6) is -0.198. The monoisotopic (exact) mass is 476 g/mol. The molecule has 0 aliphatic heterocycles. The van der Waals surface area contributed by atoms with Crippen LogP contribution < -0.4 is 5.32 Å². The molecule has 21 heavy (non-hydrogen) atoms. The molecular weight excluding hydrogens is 464 g/mol. The molecule has 1 aromatic carbocycles. The molecule has 1 fully saturated rings. The third-order valence-electron chi connectivity index (χ3n) is 3.85. The minimum atomic E-state index is -0.900. The maximum Gasteiger partial charge on any atom is 0.244 e. The SMILES string of the molecule is N#CC1(C(=O)Nc2c(Br)cc(Br)cc2Br)CCCCCC1. The Morgan fingerprint density at radius 3 is 2.10 bits per heavy atom. The second kappa shape index (κ2) is 7.26. The van der Waals surface area contributed by atoms with Crippen LogP contribution in [0.1, 0.15) is 38.5 Å². The summed E-state index contributed by atoms with van der Waals surface area (Å²) in [5.41, 5.74) is -0.232. The van der Waals surface area contributed by atoms with E-state index in [-0.39, 0.29) is 5.91 Å². The molecule has 0 spiro atoms. The van der Waals surface area contributed by atoms with Gasteiger partial charge >= 0.3 is 0 Å². The van der Waals surface area contributed by atoms with Gasteiger partial charge in [-0.2, -0.15) is 5.26 Å². The van der Waals surface area contributed by atoms with Crippen molar-refractivity contribution >= 4 is 59.4 Å². The summed E-state index contributed by atoms with van der Waals surface area (Å²) in [6.45, 7) is 0. The van der Waals surface area contributed by atoms with Crippen LogP contribution in [0.25, 0.3) is 0 Å². The van der Waals surface area contributed by atoms with Crippen LogP contribution in [0.15, 0.2) is 25.6 Å². The highest BCUT2D eigenvalue weighted by molar-refractivity contribution is 9.11. The quantitative estimate of drug-likeness (QED) is 0.548. The molecule has 3 nitrogen and oxygen atoms in total. The normalized spacial score (nSPS) is 17.6. The molecule has 2 rings (SSSR count). The van der Waals surface area contributed by atoms with Crippen molar-refractivity contribution in [2.24, 2.45) is 5.41 Å². The third kappa shape index (κ3) is 3.88. The smallest absolute Gasteiger partial charge is 0.244 e. The number of amides is 1. The van der Waals surface area contributed by atoms with Gasteiger partial charge in [-0.05, 0) is 56.8 Å². The van der Waals surface area contributed by atoms with Crippen LogP contribution in [0.4, 0.5) is 5.69 Å². The van der Waals surface area contributed by atoms with E-state index in [1.807, 2.05) is 12.1 Å². The molecule has 0 atom stereocenters. The number of carbonyl (C=O) groups excluding carboxylic acids is 1. The van der Waals surface area contributed by atoms with Crippen LogP contribution in [0.5, 0.6) is 0 Å². The molecule has 1 aliphatic rings. The maximum absolute atomic E-state index is 12.7. The van der Waals surface area contributed by atoms with Crippen molar-refractivity contribution in [3.63, 3.8) is 0 Å². The van der Waals surface area contributed by atoms with E-state index in [2.05, 4.69) is 59.2 Å². The van der Waals surface area contributed by atoms with Crippen LogP contribution in [0.2, 0.25) is 0 Å². The van der Waals surface area contributed by atoms with E-state index in [1.54, 1.807) is 0 Å². The minimum Gasteiger partial charge on any atom is -0.323 e. The van der Waals surface area contributed by atoms with Crippen molar-refractivity contribution in [3.05, 3.63) is 25.6 Å². The van der Waals surface area contributed by atoms with Crippen LogP contribution in [-0.4, -0.2) is 5.91 Å². The Bertz CT molecular complexity index is 564. The summed E-state index contributed by atoms with van der Waals surface area (Å²) in [5, 5.41) is 12.5. The summed E-state index contributed by atoms with van der Waals surface area (Å²) in [6, 6.07) is 6.01. The van der Waals surface area contributed by atoms with Gasteiger partial charge in [0, 0.05) is 13.4 Å². The topological polar surface area (TPSA) is 52.9 Å². The molecule has 0 heterocycles. The molecule has 1 saturated carbocycles. The lowest BCUT2D eigenvalue weighted by molar-refractivity contribution is -0.123. The van der Waals surface area contributed by atoms with Crippen molar-refractivity contribution in [1.29, 1.82) is 5.26 Å². The van der Waals surface area contributed by atoms with Gasteiger partial charge in [0.15, 0.2) is 0 Å². The molecular formula is C15H15Br3N2O. The summed E-state index contributed by atoms with van der Waals surface area (Å²) >= 11 is 10.3. The summed E-state index contributed by atoms with van der Waals surface area (Å²) in [4.78, 5) is 12.7. The van der Waals surface area contributed by atoms with Crippen LogP contribution in [-0.2, 0) is 4.79 Å². The Balaban J connectivity index is 2.26. The number of rotatable bonds is 2. The lowest BCUT2D eigenvalue weighted by Gasteiger charge is -2.24. The number of halogens is 3. The van der Waals surface area contributed by atoms with E-state index in [9.17, 15) is 10.1 Å². The summed E-state index contributed by atoms with van der Waals surface area (Å²) in [7, 11) is 0. The van der Waals surface area contributed by atoms with Crippen LogP contribution >= 0.6 is 47.8 Å². The number of nitrogens with zero attached hydrogens (tertiary/aromatic N) is 1. The zero-order chi connectivity index (χ0) is 15.5. The van der Waals surface area contributed by atoms with Crippen molar-refractivity contribution in [2.45, 2.75) is 38.5 Å². The van der Waals surface area contributed by atoms with E-state index < -0.39 is 5.41 Å². The number of anilines is 1. The van der Waals surface area contributed by atoms with Gasteiger partial charge in [0.05, 0.1) is 11.8 Å². The molecule has 1 amide bonds. The zero-order valence-electron chi connectivity index (χ0n) is 11.4. The Kier molecular flexibility index (Phi) is 5.87. The fraction of sp³-hybridized carbons (Fsp3) is 0.467. The Morgan fingerprint density at radius 2 is 1.62 bits per heavy atom. The Hall–Kier alpha value is -0.380. The summed E-state index contributed by atoms with van der Waals surface area (Å²) in [6.07, 6.45) is 5.35. The van der Waals surface area contributed by atoms with Gasteiger partial charge in [-0.15, -0.1) is 0 Å². The van der Waals surface area contributed by atoms with E-state index in [0.717, 1.165) is 39.1 Å². The van der Waals surface area contributed by atoms with Crippen molar-refractivity contribution in [2.75, 3.05) is 5.32 Å². The average Bonchev–Trinajstić information content (AvgIpc) is 2.68. The lowest BCUT2D eigenvalue weighted by Crippen LogP contribution is -2.34. The van der Waals surface area contributed by atoms with Gasteiger partial charge in [0.25, 0.3) is 0 Å². The predicted octanol–water partition coefficient (Wildman–Crippen LogP) is 5.78. The average molecular weight is 479 g/mol. The number of hydrogen-bond donors (Lipinski definition) is 1. The Labute approximate surface area is 149 Å². The van der Waals surface area contributed by atoms with Crippen molar-refractivity contribution in [1.82, 2.24) is 0 Å². The highest BCUT2D eigenvalue weighted by Crippen LogP contribution is 2.39. The third-order valence-corrected chi connectivity index (χ3v) is 5.56. The first kappa shape index (κ1) is 17.0. The molecule has 0 aromatic heterocycles. The van der Waals surface area contributed by atoms with E-state index in [4.69, 9.17) is 0 Å². The fourth-order valence-corrected chi connectivity index (χ4v) is 5.07. The Morgan fingerprint density at radius 1 is 1.10 bits per heavy atom. The molecule has 112 valence electrons. The highest BCUT2D eigenvalue weighted by Gasteiger charge is 2.39. The maximum atomic E-state index is 12.7. The van der Waals surface area contributed by atoms with Crippen LogP contribution in [0, 0.1) is 16.7 Å². The molecule has 0 bridgehead atoms. The minimum absolute atomic E-state index is 0.198. The number of benzene rings is 1. The lowest BCUT2D eigenvalue weighted by atomic mass is 9.81. The van der Waals surface area contributed by atoms with E-state index in [0.29, 0.717) is 18.5 Å².